The van der Waals surface area contributed by atoms with Crippen LogP contribution in [-0.4, -0.2) is 20.3 Å². The van der Waals surface area contributed by atoms with E-state index in [0.717, 1.165) is 24.9 Å². The zero-order valence-electron chi connectivity index (χ0n) is 28.8. The minimum Gasteiger partial charge on any atom is -0.376 e. The van der Waals surface area contributed by atoms with Crippen molar-refractivity contribution in [1.82, 2.24) is 0 Å². The van der Waals surface area contributed by atoms with E-state index in [4.69, 9.17) is 4.74 Å². The summed E-state index contributed by atoms with van der Waals surface area (Å²) in [5.74, 6) is 1.47. The summed E-state index contributed by atoms with van der Waals surface area (Å²) < 4.78 is 6.04. The van der Waals surface area contributed by atoms with Crippen LogP contribution in [0.3, 0.4) is 0 Å². The quantitative estimate of drug-likeness (QED) is 0.180. The molecule has 45 heavy (non-hydrogen) atoms. The molecule has 240 valence electrons. The van der Waals surface area contributed by atoms with Crippen molar-refractivity contribution in [3.05, 3.63) is 95.1 Å². The van der Waals surface area contributed by atoms with E-state index in [9.17, 15) is 0 Å². The highest BCUT2D eigenvalue weighted by atomic mass is 28.3. The van der Waals surface area contributed by atoms with E-state index in [1.807, 2.05) is 0 Å². The number of hydrogen-bond acceptors (Lipinski definition) is 1. The van der Waals surface area contributed by atoms with Crippen LogP contribution in [0.5, 0.6) is 0 Å². The molecular formula is C43H58OSi. The molecule has 1 nitrogen and oxygen atoms in total. The first-order valence-corrected chi connectivity index (χ1v) is 21.2. The first-order chi connectivity index (χ1) is 21.8. The number of benzene rings is 2. The lowest BCUT2D eigenvalue weighted by molar-refractivity contribution is -0.00471. The molecule has 0 amide bonds. The van der Waals surface area contributed by atoms with Gasteiger partial charge in [0, 0.05) is 6.61 Å². The van der Waals surface area contributed by atoms with Crippen molar-refractivity contribution in [2.24, 2.45) is 11.8 Å². The average Bonchev–Trinajstić information content (AvgIpc) is 3.60. The van der Waals surface area contributed by atoms with Crippen LogP contribution in [0.2, 0.25) is 12.6 Å². The van der Waals surface area contributed by atoms with Gasteiger partial charge in [-0.05, 0) is 115 Å². The molecule has 2 fully saturated rings. The molecule has 0 atom stereocenters. The number of fused-ring (bicyclic) bond motifs is 2. The Labute approximate surface area is 276 Å². The van der Waals surface area contributed by atoms with Gasteiger partial charge in [-0.15, -0.1) is 0 Å². The molecule has 0 radical (unpaired) electrons. The maximum atomic E-state index is 6.04. The Balaban J connectivity index is 1.35. The maximum Gasteiger partial charge on any atom is 0.116 e. The Morgan fingerprint density at radius 1 is 0.622 bits per heavy atom. The van der Waals surface area contributed by atoms with Gasteiger partial charge in [0.05, 0.1) is 5.60 Å². The maximum absolute atomic E-state index is 6.04. The summed E-state index contributed by atoms with van der Waals surface area (Å²) in [7, 11) is -2.09. The molecule has 0 aromatic heterocycles. The SMILES string of the molecule is CC(C)(C)OCCCCCC[Si](C)(C1=CC(=CC2CCCCC2)c2ccccc21)C1=CC(=CC2CCCCC2)c2ccccc21. The smallest absolute Gasteiger partial charge is 0.116 e. The van der Waals surface area contributed by atoms with Crippen LogP contribution < -0.4 is 0 Å². The zero-order chi connectivity index (χ0) is 31.3. The first-order valence-electron chi connectivity index (χ1n) is 18.5. The summed E-state index contributed by atoms with van der Waals surface area (Å²) in [5, 5.41) is 3.35. The molecule has 2 aromatic carbocycles. The van der Waals surface area contributed by atoms with Crippen molar-refractivity contribution in [3.8, 4) is 0 Å². The van der Waals surface area contributed by atoms with Gasteiger partial charge < -0.3 is 4.74 Å². The molecule has 6 rings (SSSR count). The molecule has 0 N–H and O–H groups in total. The summed E-state index contributed by atoms with van der Waals surface area (Å²) in [4.78, 5) is 0. The monoisotopic (exact) mass is 618 g/mol. The van der Waals surface area contributed by atoms with Crippen molar-refractivity contribution in [2.75, 3.05) is 6.61 Å². The minimum absolute atomic E-state index is 0.0398. The van der Waals surface area contributed by atoms with E-state index < -0.39 is 8.07 Å². The highest BCUT2D eigenvalue weighted by Crippen LogP contribution is 2.51. The first kappa shape index (κ1) is 32.5. The molecule has 0 aliphatic heterocycles. The fourth-order valence-corrected chi connectivity index (χ4v) is 12.9. The largest absolute Gasteiger partial charge is 0.376 e. The minimum atomic E-state index is -2.09. The van der Waals surface area contributed by atoms with E-state index >= 15 is 0 Å². The van der Waals surface area contributed by atoms with Gasteiger partial charge in [0.15, 0.2) is 0 Å². The Morgan fingerprint density at radius 3 is 1.53 bits per heavy atom. The molecule has 0 heterocycles. The Hall–Kier alpha value is -2.42. The van der Waals surface area contributed by atoms with E-state index in [0.29, 0.717) is 0 Å². The zero-order valence-corrected chi connectivity index (χ0v) is 29.8. The van der Waals surface area contributed by atoms with Crippen LogP contribution in [0.1, 0.15) is 133 Å². The molecule has 0 spiro atoms. The van der Waals surface area contributed by atoms with Gasteiger partial charge in [-0.1, -0.05) is 137 Å². The summed E-state index contributed by atoms with van der Waals surface area (Å²) in [6, 6.07) is 20.1. The number of rotatable bonds is 11. The molecule has 0 bridgehead atoms. The average molecular weight is 619 g/mol. The Bertz CT molecular complexity index is 1340. The van der Waals surface area contributed by atoms with Crippen molar-refractivity contribution >= 4 is 29.6 Å². The van der Waals surface area contributed by atoms with Crippen LogP contribution in [-0.2, 0) is 4.74 Å². The lowest BCUT2D eigenvalue weighted by Gasteiger charge is -2.32. The standard InChI is InChI=1S/C43H58OSi/c1-43(2,3)44-27-17-5-6-18-28-45(4,41-31-35(29-33-19-9-7-10-20-33)37-23-13-15-25-39(37)41)42-32-36(30-34-21-11-8-12-22-34)38-24-14-16-26-40(38)42/h13-16,23-26,29-34H,5-12,17-22,27-28H2,1-4H3. The lowest BCUT2D eigenvalue weighted by Crippen LogP contribution is -2.34. The summed E-state index contributed by atoms with van der Waals surface area (Å²) in [5.41, 5.74) is 9.00. The third-order valence-electron chi connectivity index (χ3n) is 11.1. The molecule has 0 unspecified atom stereocenters. The Kier molecular flexibility index (Phi) is 10.5. The fraction of sp³-hybridized carbons (Fsp3) is 0.535. The summed E-state index contributed by atoms with van der Waals surface area (Å²) in [6.07, 6.45) is 29.5. The third kappa shape index (κ3) is 7.77. The van der Waals surface area contributed by atoms with Crippen LogP contribution in [0.4, 0.5) is 0 Å². The molecule has 2 aromatic rings. The third-order valence-corrected chi connectivity index (χ3v) is 15.6. The second-order valence-electron chi connectivity index (χ2n) is 15.7. The van der Waals surface area contributed by atoms with Crippen molar-refractivity contribution in [3.63, 3.8) is 0 Å². The second-order valence-corrected chi connectivity index (χ2v) is 19.9. The van der Waals surface area contributed by atoms with Gasteiger partial charge in [0.25, 0.3) is 0 Å². The normalized spacial score (nSPS) is 22.3. The summed E-state index contributed by atoms with van der Waals surface area (Å²) >= 11 is 0. The number of unbranched alkanes of at least 4 members (excludes halogenated alkanes) is 3. The van der Waals surface area contributed by atoms with E-state index in [1.54, 1.807) is 10.4 Å². The van der Waals surface area contributed by atoms with E-state index in [-0.39, 0.29) is 5.60 Å². The molecule has 2 saturated carbocycles. The van der Waals surface area contributed by atoms with Crippen LogP contribution >= 0.6 is 0 Å². The topological polar surface area (TPSA) is 9.23 Å². The van der Waals surface area contributed by atoms with Gasteiger partial charge in [0.1, 0.15) is 8.07 Å². The number of hydrogen-bond donors (Lipinski definition) is 0. The molecule has 0 saturated heterocycles. The summed E-state index contributed by atoms with van der Waals surface area (Å²) in [6.45, 7) is 10.1. The molecule has 2 heteroatoms. The van der Waals surface area contributed by atoms with Crippen LogP contribution in [0, 0.1) is 11.8 Å². The molecular weight excluding hydrogens is 561 g/mol. The second kappa shape index (κ2) is 14.6. The van der Waals surface area contributed by atoms with Gasteiger partial charge in [-0.2, -0.15) is 0 Å². The predicted molar refractivity (Wildman–Crippen MR) is 199 cm³/mol. The van der Waals surface area contributed by atoms with Crippen molar-refractivity contribution in [2.45, 2.75) is 129 Å². The van der Waals surface area contributed by atoms with E-state index in [1.165, 1.54) is 123 Å². The van der Waals surface area contributed by atoms with Crippen LogP contribution in [0.25, 0.3) is 21.5 Å². The van der Waals surface area contributed by atoms with Gasteiger partial charge >= 0.3 is 0 Å². The highest BCUT2D eigenvalue weighted by Gasteiger charge is 2.42. The Morgan fingerprint density at radius 2 is 1.07 bits per heavy atom. The van der Waals surface area contributed by atoms with Crippen molar-refractivity contribution < 1.29 is 4.74 Å². The predicted octanol–water partition coefficient (Wildman–Crippen LogP) is 12.6. The van der Waals surface area contributed by atoms with Crippen molar-refractivity contribution in [1.29, 1.82) is 0 Å². The van der Waals surface area contributed by atoms with Gasteiger partial charge in [-0.25, -0.2) is 0 Å². The van der Waals surface area contributed by atoms with E-state index in [2.05, 4.69) is 100 Å². The lowest BCUT2D eigenvalue weighted by atomic mass is 9.87. The fourth-order valence-electron chi connectivity index (χ4n) is 8.59. The highest BCUT2D eigenvalue weighted by molar-refractivity contribution is 7.10. The van der Waals surface area contributed by atoms with Gasteiger partial charge in [0.2, 0.25) is 0 Å². The van der Waals surface area contributed by atoms with Crippen LogP contribution in [0.15, 0.2) is 72.8 Å². The molecule has 4 aliphatic rings. The molecule has 4 aliphatic carbocycles. The van der Waals surface area contributed by atoms with Gasteiger partial charge in [-0.3, -0.25) is 0 Å². The number of ether oxygens (including phenoxy) is 1. The number of allylic oxidation sites excluding steroid dienone is 6.